The summed E-state index contributed by atoms with van der Waals surface area (Å²) >= 11 is 0. The lowest BCUT2D eigenvalue weighted by atomic mass is 9.73. The third-order valence-electron chi connectivity index (χ3n) is 5.55. The van der Waals surface area contributed by atoms with Gasteiger partial charge in [-0.1, -0.05) is 56.3 Å². The van der Waals surface area contributed by atoms with Crippen LogP contribution in [0.4, 0.5) is 10.3 Å². The van der Waals surface area contributed by atoms with Crippen LogP contribution >= 0.6 is 0 Å². The zero-order valence-corrected chi connectivity index (χ0v) is 16.3. The minimum absolute atomic E-state index is 0.0977. The molecule has 5 rings (SSSR count). The van der Waals surface area contributed by atoms with E-state index in [1.807, 2.05) is 30.3 Å². The zero-order valence-electron chi connectivity index (χ0n) is 16.3. The van der Waals surface area contributed by atoms with E-state index < -0.39 is 6.04 Å². The largest absolute Gasteiger partial charge is 0.328 e. The molecule has 0 spiro atoms. The molecule has 1 atom stereocenters. The summed E-state index contributed by atoms with van der Waals surface area (Å²) in [4.78, 5) is 17.8. The van der Waals surface area contributed by atoms with Crippen molar-refractivity contribution in [3.05, 3.63) is 77.2 Å². The van der Waals surface area contributed by atoms with Gasteiger partial charge in [0.05, 0.1) is 0 Å². The van der Waals surface area contributed by atoms with Crippen molar-refractivity contribution in [1.82, 2.24) is 14.8 Å². The van der Waals surface area contributed by atoms with Crippen LogP contribution in [0, 0.1) is 11.2 Å². The smallest absolute Gasteiger partial charge is 0.226 e. The van der Waals surface area contributed by atoms with Crippen LogP contribution in [0.2, 0.25) is 0 Å². The molecule has 3 aromatic rings. The molecule has 2 heterocycles. The molecule has 0 fully saturated rings. The van der Waals surface area contributed by atoms with Crippen molar-refractivity contribution in [2.45, 2.75) is 32.7 Å². The van der Waals surface area contributed by atoms with E-state index in [-0.39, 0.29) is 17.0 Å². The standard InChI is InChI=1S/C23H21FN4O/c1-23(2)12-17-19(18(29)13-23)20(14-8-10-16(24)11-9-14)28-22(25-17)26-21(27-28)15-6-4-3-5-7-15/h3-11,20H,12-13H2,1-2H3,(H,25,26,27). The first-order valence-electron chi connectivity index (χ1n) is 9.72. The summed E-state index contributed by atoms with van der Waals surface area (Å²) in [6.45, 7) is 4.19. The van der Waals surface area contributed by atoms with Gasteiger partial charge in [0, 0.05) is 23.3 Å². The van der Waals surface area contributed by atoms with Gasteiger partial charge in [-0.05, 0) is 29.5 Å². The first-order chi connectivity index (χ1) is 13.9. The van der Waals surface area contributed by atoms with Crippen LogP contribution < -0.4 is 5.32 Å². The van der Waals surface area contributed by atoms with Crippen molar-refractivity contribution >= 4 is 11.7 Å². The van der Waals surface area contributed by atoms with E-state index in [2.05, 4.69) is 19.2 Å². The fourth-order valence-electron chi connectivity index (χ4n) is 4.27. The molecule has 0 radical (unpaired) electrons. The van der Waals surface area contributed by atoms with E-state index in [9.17, 15) is 9.18 Å². The Labute approximate surface area is 168 Å². The van der Waals surface area contributed by atoms with Crippen molar-refractivity contribution in [2.24, 2.45) is 5.41 Å². The summed E-state index contributed by atoms with van der Waals surface area (Å²) in [7, 11) is 0. The number of carbonyl (C=O) groups excluding carboxylic acids is 1. The van der Waals surface area contributed by atoms with E-state index >= 15 is 0 Å². The number of nitrogens with zero attached hydrogens (tertiary/aromatic N) is 3. The van der Waals surface area contributed by atoms with Crippen LogP contribution in [0.5, 0.6) is 0 Å². The molecule has 1 N–H and O–H groups in total. The highest BCUT2D eigenvalue weighted by Crippen LogP contribution is 2.45. The second kappa shape index (κ2) is 6.37. The van der Waals surface area contributed by atoms with E-state index in [0.717, 1.165) is 23.2 Å². The second-order valence-electron chi connectivity index (χ2n) is 8.48. The second-order valence-corrected chi connectivity index (χ2v) is 8.48. The van der Waals surface area contributed by atoms with E-state index in [1.165, 1.54) is 12.1 Å². The summed E-state index contributed by atoms with van der Waals surface area (Å²) in [6.07, 6.45) is 1.22. The van der Waals surface area contributed by atoms with E-state index in [1.54, 1.807) is 16.8 Å². The number of anilines is 1. The van der Waals surface area contributed by atoms with E-state index in [0.29, 0.717) is 23.8 Å². The van der Waals surface area contributed by atoms with Crippen molar-refractivity contribution < 1.29 is 9.18 Å². The normalized spacial score (nSPS) is 20.1. The molecule has 1 aliphatic heterocycles. The molecule has 1 aromatic heterocycles. The van der Waals surface area contributed by atoms with Gasteiger partial charge >= 0.3 is 0 Å². The van der Waals surface area contributed by atoms with Crippen molar-refractivity contribution in [1.29, 1.82) is 0 Å². The Kier molecular flexibility index (Phi) is 3.91. The fraction of sp³-hybridized carbons (Fsp3) is 0.261. The quantitative estimate of drug-likeness (QED) is 0.689. The highest BCUT2D eigenvalue weighted by Gasteiger charge is 2.41. The molecule has 6 heteroatoms. The minimum Gasteiger partial charge on any atom is -0.328 e. The molecule has 0 saturated carbocycles. The lowest BCUT2D eigenvalue weighted by Gasteiger charge is -2.38. The van der Waals surface area contributed by atoms with Crippen LogP contribution in [-0.2, 0) is 4.79 Å². The van der Waals surface area contributed by atoms with Crippen LogP contribution in [0.3, 0.4) is 0 Å². The first-order valence-corrected chi connectivity index (χ1v) is 9.72. The molecule has 1 aliphatic carbocycles. The summed E-state index contributed by atoms with van der Waals surface area (Å²) in [5.74, 6) is 0.978. The third kappa shape index (κ3) is 3.05. The topological polar surface area (TPSA) is 59.8 Å². The number of Topliss-reactive ketones (excluding diaryl/α,β-unsaturated/α-hetero) is 1. The molecule has 0 saturated heterocycles. The number of aromatic nitrogens is 3. The predicted octanol–water partition coefficient (Wildman–Crippen LogP) is 4.74. The van der Waals surface area contributed by atoms with Gasteiger partial charge < -0.3 is 5.32 Å². The number of halogens is 1. The zero-order chi connectivity index (χ0) is 20.2. The lowest BCUT2D eigenvalue weighted by molar-refractivity contribution is -0.118. The molecule has 0 bridgehead atoms. The third-order valence-corrected chi connectivity index (χ3v) is 5.55. The number of rotatable bonds is 2. The van der Waals surface area contributed by atoms with Gasteiger partial charge in [-0.3, -0.25) is 4.79 Å². The van der Waals surface area contributed by atoms with Gasteiger partial charge in [0.15, 0.2) is 11.6 Å². The van der Waals surface area contributed by atoms with Crippen LogP contribution in [-0.4, -0.2) is 20.5 Å². The van der Waals surface area contributed by atoms with E-state index in [4.69, 9.17) is 10.1 Å². The average molecular weight is 388 g/mol. The average Bonchev–Trinajstić information content (AvgIpc) is 3.10. The summed E-state index contributed by atoms with van der Waals surface area (Å²) < 4.78 is 15.3. The highest BCUT2D eigenvalue weighted by atomic mass is 19.1. The predicted molar refractivity (Wildman–Crippen MR) is 109 cm³/mol. The SMILES string of the molecule is CC1(C)CC(=O)C2=C(C1)Nc1nc(-c3ccccc3)nn1C2c1ccc(F)cc1. The molecular formula is C23H21FN4O. The Bertz CT molecular complexity index is 1130. The number of hydrogen-bond donors (Lipinski definition) is 1. The number of fused-ring (bicyclic) bond motifs is 1. The summed E-state index contributed by atoms with van der Waals surface area (Å²) in [5, 5.41) is 8.09. The number of benzene rings is 2. The Morgan fingerprint density at radius 2 is 1.79 bits per heavy atom. The van der Waals surface area contributed by atoms with Crippen molar-refractivity contribution in [2.75, 3.05) is 5.32 Å². The number of carbonyl (C=O) groups is 1. The fourth-order valence-corrected chi connectivity index (χ4v) is 4.27. The molecule has 2 aromatic carbocycles. The molecule has 2 aliphatic rings. The molecule has 29 heavy (non-hydrogen) atoms. The number of hydrogen-bond acceptors (Lipinski definition) is 4. The number of nitrogens with one attached hydrogen (secondary N) is 1. The molecule has 0 amide bonds. The Hall–Kier alpha value is -3.28. The number of ketones is 1. The molecule has 146 valence electrons. The Balaban J connectivity index is 1.69. The Morgan fingerprint density at radius 3 is 2.52 bits per heavy atom. The number of allylic oxidation sites excluding steroid dienone is 2. The Morgan fingerprint density at radius 1 is 1.07 bits per heavy atom. The maximum absolute atomic E-state index is 13.6. The highest BCUT2D eigenvalue weighted by molar-refractivity contribution is 6.00. The maximum Gasteiger partial charge on any atom is 0.226 e. The summed E-state index contributed by atoms with van der Waals surface area (Å²) in [6, 6.07) is 15.6. The van der Waals surface area contributed by atoms with Gasteiger partial charge in [0.2, 0.25) is 5.95 Å². The van der Waals surface area contributed by atoms with Gasteiger partial charge in [0.25, 0.3) is 0 Å². The van der Waals surface area contributed by atoms with Crippen LogP contribution in [0.1, 0.15) is 38.3 Å². The van der Waals surface area contributed by atoms with Gasteiger partial charge in [-0.15, -0.1) is 5.10 Å². The van der Waals surface area contributed by atoms with Crippen molar-refractivity contribution in [3.8, 4) is 11.4 Å². The summed E-state index contributed by atoms with van der Waals surface area (Å²) in [5.41, 5.74) is 3.19. The van der Waals surface area contributed by atoms with Crippen LogP contribution in [0.15, 0.2) is 65.9 Å². The maximum atomic E-state index is 13.6. The minimum atomic E-state index is -0.421. The monoisotopic (exact) mass is 388 g/mol. The van der Waals surface area contributed by atoms with Gasteiger partial charge in [0.1, 0.15) is 11.9 Å². The first kappa shape index (κ1) is 17.8. The lowest BCUT2D eigenvalue weighted by Crippen LogP contribution is -2.36. The van der Waals surface area contributed by atoms with Crippen LogP contribution in [0.25, 0.3) is 11.4 Å². The molecule has 1 unspecified atom stereocenters. The molecule has 5 nitrogen and oxygen atoms in total. The van der Waals surface area contributed by atoms with Gasteiger partial charge in [-0.2, -0.15) is 4.98 Å². The van der Waals surface area contributed by atoms with Crippen molar-refractivity contribution in [3.63, 3.8) is 0 Å². The molecular weight excluding hydrogens is 367 g/mol. The van der Waals surface area contributed by atoms with Gasteiger partial charge in [-0.25, -0.2) is 9.07 Å².